The van der Waals surface area contributed by atoms with Gasteiger partial charge in [-0.3, -0.25) is 4.90 Å². The maximum Gasteiger partial charge on any atom is 0.146 e. The Morgan fingerprint density at radius 2 is 2.24 bits per heavy atom. The molecule has 0 amide bonds. The molecule has 1 unspecified atom stereocenters. The molecule has 0 aliphatic carbocycles. The van der Waals surface area contributed by atoms with Gasteiger partial charge in [-0.2, -0.15) is 0 Å². The highest BCUT2D eigenvalue weighted by molar-refractivity contribution is 9.09. The molecule has 1 heterocycles. The summed E-state index contributed by atoms with van der Waals surface area (Å²) in [6.07, 6.45) is 3.66. The second-order valence-electron chi connectivity index (χ2n) is 4.49. The van der Waals surface area contributed by atoms with Crippen molar-refractivity contribution in [2.75, 3.05) is 11.9 Å². The molecular formula is C13H16BrClFN. The SMILES string of the molecule is Fc1c(Cl)cccc1CN1CCCCC1CBr. The summed E-state index contributed by atoms with van der Waals surface area (Å²) >= 11 is 9.34. The van der Waals surface area contributed by atoms with Crippen LogP contribution in [0.25, 0.3) is 0 Å². The van der Waals surface area contributed by atoms with E-state index in [1.165, 1.54) is 19.3 Å². The van der Waals surface area contributed by atoms with Crippen LogP contribution in [0.5, 0.6) is 0 Å². The van der Waals surface area contributed by atoms with Crippen LogP contribution in [0.1, 0.15) is 24.8 Å². The molecule has 0 N–H and O–H groups in total. The predicted octanol–water partition coefficient (Wildman–Crippen LogP) is 4.23. The van der Waals surface area contributed by atoms with Crippen LogP contribution in [0.3, 0.4) is 0 Å². The van der Waals surface area contributed by atoms with Crippen LogP contribution < -0.4 is 0 Å². The number of piperidine rings is 1. The summed E-state index contributed by atoms with van der Waals surface area (Å²) in [5, 5.41) is 1.17. The molecule has 94 valence electrons. The molecule has 17 heavy (non-hydrogen) atoms. The number of hydrogen-bond donors (Lipinski definition) is 0. The second-order valence-corrected chi connectivity index (χ2v) is 5.54. The Kier molecular flexibility index (Phi) is 4.83. The minimum Gasteiger partial charge on any atom is -0.295 e. The number of likely N-dealkylation sites (tertiary alicyclic amines) is 1. The molecule has 1 saturated heterocycles. The number of benzene rings is 1. The Hall–Kier alpha value is -0.120. The highest BCUT2D eigenvalue weighted by Gasteiger charge is 2.22. The van der Waals surface area contributed by atoms with E-state index < -0.39 is 0 Å². The Morgan fingerprint density at radius 1 is 1.41 bits per heavy atom. The summed E-state index contributed by atoms with van der Waals surface area (Å²) in [5.74, 6) is -0.270. The molecule has 0 bridgehead atoms. The lowest BCUT2D eigenvalue weighted by Gasteiger charge is -2.34. The quantitative estimate of drug-likeness (QED) is 0.753. The topological polar surface area (TPSA) is 3.24 Å². The van der Waals surface area contributed by atoms with E-state index in [0.29, 0.717) is 18.2 Å². The minimum atomic E-state index is -0.270. The van der Waals surface area contributed by atoms with Crippen LogP contribution in [0, 0.1) is 5.82 Å². The van der Waals surface area contributed by atoms with Crippen LogP contribution in [0.2, 0.25) is 5.02 Å². The zero-order valence-electron chi connectivity index (χ0n) is 9.63. The van der Waals surface area contributed by atoms with Gasteiger partial charge in [-0.1, -0.05) is 46.1 Å². The molecule has 1 aliphatic rings. The molecule has 1 aliphatic heterocycles. The number of halogens is 3. The largest absolute Gasteiger partial charge is 0.295 e. The van der Waals surface area contributed by atoms with Crippen molar-refractivity contribution in [3.8, 4) is 0 Å². The average molecular weight is 321 g/mol. The third kappa shape index (κ3) is 3.21. The van der Waals surface area contributed by atoms with E-state index in [1.807, 2.05) is 12.1 Å². The molecular weight excluding hydrogens is 305 g/mol. The van der Waals surface area contributed by atoms with E-state index in [1.54, 1.807) is 6.07 Å². The fourth-order valence-corrected chi connectivity index (χ4v) is 3.26. The molecule has 1 nitrogen and oxygen atoms in total. The Morgan fingerprint density at radius 3 is 3.00 bits per heavy atom. The monoisotopic (exact) mass is 319 g/mol. The molecule has 0 radical (unpaired) electrons. The fourth-order valence-electron chi connectivity index (χ4n) is 2.33. The first-order chi connectivity index (χ1) is 8.22. The van der Waals surface area contributed by atoms with E-state index in [-0.39, 0.29) is 10.8 Å². The number of nitrogens with zero attached hydrogens (tertiary/aromatic N) is 1. The molecule has 1 aromatic carbocycles. The Bertz CT molecular complexity index is 386. The number of hydrogen-bond acceptors (Lipinski definition) is 1. The van der Waals surface area contributed by atoms with Gasteiger partial charge in [-0.05, 0) is 25.5 Å². The predicted molar refractivity (Wildman–Crippen MR) is 73.3 cm³/mol. The van der Waals surface area contributed by atoms with Gasteiger partial charge in [0, 0.05) is 23.5 Å². The van der Waals surface area contributed by atoms with Crippen molar-refractivity contribution in [2.45, 2.75) is 31.8 Å². The zero-order chi connectivity index (χ0) is 12.3. The van der Waals surface area contributed by atoms with Crippen molar-refractivity contribution < 1.29 is 4.39 Å². The van der Waals surface area contributed by atoms with Gasteiger partial charge in [0.2, 0.25) is 0 Å². The van der Waals surface area contributed by atoms with Crippen molar-refractivity contribution in [3.63, 3.8) is 0 Å². The summed E-state index contributed by atoms with van der Waals surface area (Å²) in [5.41, 5.74) is 0.699. The maximum absolute atomic E-state index is 13.8. The van der Waals surface area contributed by atoms with Gasteiger partial charge in [0.05, 0.1) is 5.02 Å². The smallest absolute Gasteiger partial charge is 0.146 e. The van der Waals surface area contributed by atoms with E-state index in [9.17, 15) is 4.39 Å². The van der Waals surface area contributed by atoms with Crippen molar-refractivity contribution in [3.05, 3.63) is 34.6 Å². The second kappa shape index (κ2) is 6.17. The first-order valence-corrected chi connectivity index (χ1v) is 7.45. The van der Waals surface area contributed by atoms with Crippen molar-refractivity contribution in [2.24, 2.45) is 0 Å². The molecule has 0 saturated carbocycles. The first kappa shape index (κ1) is 13.3. The third-order valence-electron chi connectivity index (χ3n) is 3.33. The van der Waals surface area contributed by atoms with Gasteiger partial charge >= 0.3 is 0 Å². The lowest BCUT2D eigenvalue weighted by atomic mass is 10.0. The average Bonchev–Trinajstić information content (AvgIpc) is 2.35. The molecule has 1 fully saturated rings. The molecule has 0 aromatic heterocycles. The lowest BCUT2D eigenvalue weighted by molar-refractivity contribution is 0.155. The van der Waals surface area contributed by atoms with E-state index in [4.69, 9.17) is 11.6 Å². The van der Waals surface area contributed by atoms with Crippen LogP contribution in [0.15, 0.2) is 18.2 Å². The van der Waals surface area contributed by atoms with Crippen LogP contribution >= 0.6 is 27.5 Å². The summed E-state index contributed by atoms with van der Waals surface area (Å²) in [4.78, 5) is 2.34. The van der Waals surface area contributed by atoms with Crippen molar-refractivity contribution >= 4 is 27.5 Å². The molecule has 4 heteroatoms. The summed E-state index contributed by atoms with van der Waals surface area (Å²) in [6.45, 7) is 1.70. The highest BCUT2D eigenvalue weighted by Crippen LogP contribution is 2.24. The molecule has 0 spiro atoms. The third-order valence-corrected chi connectivity index (χ3v) is 4.37. The molecule has 1 aromatic rings. The maximum atomic E-state index is 13.8. The summed E-state index contributed by atoms with van der Waals surface area (Å²) in [6, 6.07) is 5.75. The summed E-state index contributed by atoms with van der Waals surface area (Å²) in [7, 11) is 0. The van der Waals surface area contributed by atoms with Crippen LogP contribution in [-0.4, -0.2) is 22.8 Å². The Balaban J connectivity index is 2.11. The Labute approximate surface area is 115 Å². The van der Waals surface area contributed by atoms with Gasteiger partial charge in [0.15, 0.2) is 0 Å². The normalized spacial score (nSPS) is 21.7. The van der Waals surface area contributed by atoms with Crippen molar-refractivity contribution in [1.29, 1.82) is 0 Å². The zero-order valence-corrected chi connectivity index (χ0v) is 12.0. The van der Waals surface area contributed by atoms with Gasteiger partial charge in [-0.25, -0.2) is 4.39 Å². The first-order valence-electron chi connectivity index (χ1n) is 5.95. The molecule has 1 atom stereocenters. The van der Waals surface area contributed by atoms with Gasteiger partial charge in [-0.15, -0.1) is 0 Å². The number of rotatable bonds is 3. The number of alkyl halides is 1. The summed E-state index contributed by atoms with van der Waals surface area (Å²) < 4.78 is 13.8. The van der Waals surface area contributed by atoms with Crippen molar-refractivity contribution in [1.82, 2.24) is 4.90 Å². The fraction of sp³-hybridized carbons (Fsp3) is 0.538. The van der Waals surface area contributed by atoms with E-state index >= 15 is 0 Å². The highest BCUT2D eigenvalue weighted by atomic mass is 79.9. The van der Waals surface area contributed by atoms with Gasteiger partial charge in [0.1, 0.15) is 5.82 Å². The van der Waals surface area contributed by atoms with Gasteiger partial charge in [0.25, 0.3) is 0 Å². The van der Waals surface area contributed by atoms with E-state index in [0.717, 1.165) is 11.9 Å². The lowest BCUT2D eigenvalue weighted by Crippen LogP contribution is -2.40. The van der Waals surface area contributed by atoms with Crippen LogP contribution in [-0.2, 0) is 6.54 Å². The molecule has 2 rings (SSSR count). The minimum absolute atomic E-state index is 0.218. The standard InChI is InChI=1S/C13H16BrClFN/c14-8-11-5-1-2-7-17(11)9-10-4-3-6-12(15)13(10)16/h3-4,6,11H,1-2,5,7-9H2. The van der Waals surface area contributed by atoms with Crippen LogP contribution in [0.4, 0.5) is 4.39 Å². The van der Waals surface area contributed by atoms with Gasteiger partial charge < -0.3 is 0 Å². The van der Waals surface area contributed by atoms with E-state index in [2.05, 4.69) is 20.8 Å².